The molecule has 2 amide bonds. The summed E-state index contributed by atoms with van der Waals surface area (Å²) in [6, 6.07) is 8.55. The van der Waals surface area contributed by atoms with Crippen LogP contribution in [0.25, 0.3) is 16.9 Å². The molecule has 3 fully saturated rings. The van der Waals surface area contributed by atoms with Gasteiger partial charge in [-0.2, -0.15) is 9.97 Å². The molecule has 0 spiro atoms. The number of anilines is 1. The van der Waals surface area contributed by atoms with Crippen molar-refractivity contribution < 1.29 is 32.6 Å². The number of fused-ring (bicyclic) bond motifs is 1. The average molecular weight is 628 g/mol. The summed E-state index contributed by atoms with van der Waals surface area (Å²) in [6.07, 6.45) is 0.179. The molecule has 0 unspecified atom stereocenters. The van der Waals surface area contributed by atoms with Crippen molar-refractivity contribution in [3.8, 4) is 11.7 Å². The zero-order valence-corrected chi connectivity index (χ0v) is 25.4. The molecule has 0 bridgehead atoms. The first-order chi connectivity index (χ1) is 21.9. The van der Waals surface area contributed by atoms with Gasteiger partial charge in [0.25, 0.3) is 6.43 Å². The van der Waals surface area contributed by atoms with Crippen LogP contribution in [0.3, 0.4) is 0 Å². The van der Waals surface area contributed by atoms with Gasteiger partial charge < -0.3 is 28.9 Å². The lowest BCUT2D eigenvalue weighted by Gasteiger charge is -2.32. The lowest BCUT2D eigenvalue weighted by Crippen LogP contribution is -2.47. The van der Waals surface area contributed by atoms with Gasteiger partial charge in [-0.1, -0.05) is 12.1 Å². The molecular formula is C31H39F2N7O5. The first kappa shape index (κ1) is 31.1. The van der Waals surface area contributed by atoms with E-state index in [9.17, 15) is 18.4 Å². The van der Waals surface area contributed by atoms with Crippen molar-refractivity contribution in [2.45, 2.75) is 32.1 Å². The Hall–Kier alpha value is -3.91. The Kier molecular flexibility index (Phi) is 9.69. The number of alkyl halides is 2. The Morgan fingerprint density at radius 2 is 1.67 bits per heavy atom. The topological polar surface area (TPSA) is 115 Å². The molecule has 12 nitrogen and oxygen atoms in total. The van der Waals surface area contributed by atoms with E-state index < -0.39 is 12.2 Å². The zero-order chi connectivity index (χ0) is 31.3. The third-order valence-electron chi connectivity index (χ3n) is 8.76. The number of hydrogen-bond donors (Lipinski definition) is 0. The molecule has 3 aliphatic rings. The number of benzene rings is 1. The molecule has 1 aliphatic carbocycles. The number of nitrogens with zero attached hydrogens (tertiary/aromatic N) is 7. The Morgan fingerprint density at radius 1 is 0.978 bits per heavy atom. The molecule has 2 aliphatic heterocycles. The number of imidazole rings is 1. The van der Waals surface area contributed by atoms with Crippen molar-refractivity contribution in [1.29, 1.82) is 0 Å². The number of ether oxygens (including phenoxy) is 3. The van der Waals surface area contributed by atoms with E-state index >= 15 is 0 Å². The van der Waals surface area contributed by atoms with Crippen LogP contribution in [0.1, 0.15) is 37.9 Å². The molecule has 14 heteroatoms. The fourth-order valence-electron chi connectivity index (χ4n) is 6.21. The minimum atomic E-state index is -2.81. The summed E-state index contributed by atoms with van der Waals surface area (Å²) < 4.78 is 46.7. The molecule has 0 N–H and O–H groups in total. The van der Waals surface area contributed by atoms with Crippen molar-refractivity contribution >= 4 is 28.8 Å². The second-order valence-electron chi connectivity index (χ2n) is 11.8. The third-order valence-corrected chi connectivity index (χ3v) is 8.76. The molecule has 1 aromatic carbocycles. The highest BCUT2D eigenvalue weighted by Gasteiger charge is 2.31. The summed E-state index contributed by atoms with van der Waals surface area (Å²) in [6.45, 7) is 4.77. The fraction of sp³-hybridized carbons (Fsp3) is 0.581. The second-order valence-corrected chi connectivity index (χ2v) is 11.8. The number of carbonyl (C=O) groups is 2. The summed E-state index contributed by atoms with van der Waals surface area (Å²) in [4.78, 5) is 44.5. The van der Waals surface area contributed by atoms with Gasteiger partial charge >= 0.3 is 0 Å². The molecule has 1 saturated carbocycles. The van der Waals surface area contributed by atoms with Crippen LogP contribution in [0.2, 0.25) is 0 Å². The van der Waals surface area contributed by atoms with Gasteiger partial charge in [0.15, 0.2) is 5.82 Å². The number of rotatable bonds is 9. The third kappa shape index (κ3) is 7.17. The molecule has 0 atom stereocenters. The Bertz CT molecular complexity index is 1480. The smallest absolute Gasteiger partial charge is 0.296 e. The van der Waals surface area contributed by atoms with Crippen LogP contribution < -0.4 is 9.64 Å². The van der Waals surface area contributed by atoms with Crippen LogP contribution >= 0.6 is 0 Å². The molecular weight excluding hydrogens is 588 g/mol. The van der Waals surface area contributed by atoms with E-state index in [2.05, 4.69) is 15.0 Å². The Balaban J connectivity index is 1.12. The highest BCUT2D eigenvalue weighted by atomic mass is 19.3. The zero-order valence-electron chi connectivity index (χ0n) is 25.4. The van der Waals surface area contributed by atoms with Crippen LogP contribution in [0, 0.1) is 11.8 Å². The first-order valence-corrected chi connectivity index (χ1v) is 15.6. The molecule has 0 radical (unpaired) electrons. The first-order valence-electron chi connectivity index (χ1n) is 15.6. The lowest BCUT2D eigenvalue weighted by atomic mass is 9.81. The average Bonchev–Trinajstić information content (AvgIpc) is 3.48. The second kappa shape index (κ2) is 14.0. The molecule has 242 valence electrons. The van der Waals surface area contributed by atoms with Crippen molar-refractivity contribution in [3.05, 3.63) is 36.2 Å². The minimum Gasteiger partial charge on any atom is -0.477 e. The summed E-state index contributed by atoms with van der Waals surface area (Å²) in [7, 11) is 1.69. The van der Waals surface area contributed by atoms with Crippen molar-refractivity contribution in [1.82, 2.24) is 29.3 Å². The SMILES string of the molecule is CN(CC(=O)N1CCOCC1)C(=O)C1CCC(COc2cc(-n3c(C(F)F)nc4ccccc43)nc(N3CCOCC3)n2)CC1. The number of carbonyl (C=O) groups excluding carboxylic acids is 2. The quantitative estimate of drug-likeness (QED) is 0.353. The number of morpholine rings is 2. The lowest BCUT2D eigenvalue weighted by molar-refractivity contribution is -0.144. The van der Waals surface area contributed by atoms with Gasteiger partial charge in [0.1, 0.15) is 5.82 Å². The van der Waals surface area contributed by atoms with Crippen molar-refractivity contribution in [2.75, 3.05) is 77.7 Å². The van der Waals surface area contributed by atoms with Gasteiger partial charge in [0.05, 0.1) is 50.6 Å². The van der Waals surface area contributed by atoms with E-state index in [1.807, 2.05) is 4.90 Å². The van der Waals surface area contributed by atoms with Crippen LogP contribution in [0.4, 0.5) is 14.7 Å². The van der Waals surface area contributed by atoms with E-state index in [1.54, 1.807) is 47.2 Å². The minimum absolute atomic E-state index is 0.00559. The fourth-order valence-corrected chi connectivity index (χ4v) is 6.21. The number of amides is 2. The molecule has 4 heterocycles. The number of aromatic nitrogens is 4. The molecule has 45 heavy (non-hydrogen) atoms. The standard InChI is InChI=1S/C31H39F2N7O5/c1-37(19-27(41)38-10-14-43-15-11-38)30(42)22-8-6-21(7-9-22)20-45-26-18-25(35-31(36-26)39-12-16-44-17-13-39)40-24-5-3-2-4-23(24)34-29(40)28(32)33/h2-5,18,21-22,28H,6-17,19-20H2,1H3. The molecule has 6 rings (SSSR count). The highest BCUT2D eigenvalue weighted by molar-refractivity contribution is 5.86. The van der Waals surface area contributed by atoms with Gasteiger partial charge in [-0.05, 0) is 43.7 Å². The summed E-state index contributed by atoms with van der Waals surface area (Å²) in [5.74, 6) is 0.541. The maximum absolute atomic E-state index is 14.1. The van der Waals surface area contributed by atoms with Gasteiger partial charge in [0.2, 0.25) is 23.6 Å². The highest BCUT2D eigenvalue weighted by Crippen LogP contribution is 2.32. The van der Waals surface area contributed by atoms with E-state index in [-0.39, 0.29) is 36.0 Å². The summed E-state index contributed by atoms with van der Waals surface area (Å²) in [5, 5.41) is 0. The van der Waals surface area contributed by atoms with Crippen molar-refractivity contribution in [2.24, 2.45) is 11.8 Å². The van der Waals surface area contributed by atoms with Crippen molar-refractivity contribution in [3.63, 3.8) is 0 Å². The molecule has 3 aromatic rings. The number of para-hydroxylation sites is 2. The predicted molar refractivity (Wildman–Crippen MR) is 161 cm³/mol. The number of halogens is 2. The maximum atomic E-state index is 14.1. The van der Waals surface area contributed by atoms with E-state index in [0.717, 1.165) is 12.8 Å². The van der Waals surface area contributed by atoms with Gasteiger partial charge in [-0.15, -0.1) is 0 Å². The van der Waals surface area contributed by atoms with Crippen LogP contribution in [0.15, 0.2) is 30.3 Å². The summed E-state index contributed by atoms with van der Waals surface area (Å²) in [5.41, 5.74) is 0.967. The summed E-state index contributed by atoms with van der Waals surface area (Å²) >= 11 is 0. The molecule has 2 saturated heterocycles. The largest absolute Gasteiger partial charge is 0.477 e. The predicted octanol–water partition coefficient (Wildman–Crippen LogP) is 3.09. The number of likely N-dealkylation sites (N-methyl/N-ethyl adjacent to an activating group) is 1. The Morgan fingerprint density at radius 3 is 2.38 bits per heavy atom. The van der Waals surface area contributed by atoms with E-state index in [4.69, 9.17) is 14.2 Å². The van der Waals surface area contributed by atoms with Crippen LogP contribution in [0.5, 0.6) is 5.88 Å². The molecule has 2 aromatic heterocycles. The van der Waals surface area contributed by atoms with Gasteiger partial charge in [-0.25, -0.2) is 13.8 Å². The van der Waals surface area contributed by atoms with Gasteiger partial charge in [-0.3, -0.25) is 14.2 Å². The van der Waals surface area contributed by atoms with Crippen LogP contribution in [-0.4, -0.2) is 114 Å². The monoisotopic (exact) mass is 627 g/mol. The van der Waals surface area contributed by atoms with Crippen LogP contribution in [-0.2, 0) is 19.1 Å². The Labute approximate surface area is 260 Å². The normalized spacial score (nSPS) is 20.9. The maximum Gasteiger partial charge on any atom is 0.296 e. The number of hydrogen-bond acceptors (Lipinski definition) is 9. The van der Waals surface area contributed by atoms with E-state index in [0.29, 0.717) is 94.9 Å². The van der Waals surface area contributed by atoms with E-state index in [1.165, 1.54) is 4.57 Å². The van der Waals surface area contributed by atoms with Gasteiger partial charge in [0, 0.05) is 45.2 Å².